The Kier molecular flexibility index (Phi) is 4.13. The second kappa shape index (κ2) is 5.70. The van der Waals surface area contributed by atoms with E-state index in [2.05, 4.69) is 15.9 Å². The Balaban J connectivity index is 2.01. The van der Waals surface area contributed by atoms with Crippen LogP contribution in [0.5, 0.6) is 0 Å². The molecule has 122 valence electrons. The second-order valence-electron chi connectivity index (χ2n) is 6.12. The van der Waals surface area contributed by atoms with E-state index >= 15 is 0 Å². The van der Waals surface area contributed by atoms with Crippen molar-refractivity contribution in [3.63, 3.8) is 0 Å². The van der Waals surface area contributed by atoms with Crippen LogP contribution < -0.4 is 11.5 Å². The summed E-state index contributed by atoms with van der Waals surface area (Å²) in [5.74, 6) is -0.285. The molecule has 0 spiro atoms. The highest BCUT2D eigenvalue weighted by molar-refractivity contribution is 9.10. The summed E-state index contributed by atoms with van der Waals surface area (Å²) in [7, 11) is -3.53. The normalized spacial score (nSPS) is 27.0. The summed E-state index contributed by atoms with van der Waals surface area (Å²) in [6.45, 7) is 2.05. The van der Waals surface area contributed by atoms with Gasteiger partial charge in [0, 0.05) is 16.9 Å². The summed E-state index contributed by atoms with van der Waals surface area (Å²) in [5, 5.41) is -0.691. The van der Waals surface area contributed by atoms with Gasteiger partial charge in [0.1, 0.15) is 0 Å². The molecule has 1 saturated carbocycles. The SMILES string of the molecule is Cc1ccc(S(=O)(=O)[C@H]2[C@H](c3ccc(Br)cc3)[C@@]2(N)CN)cc1. The van der Waals surface area contributed by atoms with Gasteiger partial charge in [0.05, 0.1) is 15.7 Å². The molecule has 4 nitrogen and oxygen atoms in total. The molecule has 3 atom stereocenters. The summed E-state index contributed by atoms with van der Waals surface area (Å²) in [4.78, 5) is 0.302. The van der Waals surface area contributed by atoms with Crippen molar-refractivity contribution in [3.8, 4) is 0 Å². The lowest BCUT2D eigenvalue weighted by molar-refractivity contribution is 0.586. The van der Waals surface area contributed by atoms with E-state index in [1.807, 2.05) is 31.2 Å². The predicted molar refractivity (Wildman–Crippen MR) is 95.0 cm³/mol. The summed E-state index contributed by atoms with van der Waals surface area (Å²) in [6.07, 6.45) is 0. The third-order valence-electron chi connectivity index (χ3n) is 4.57. The van der Waals surface area contributed by atoms with Crippen molar-refractivity contribution in [2.24, 2.45) is 11.5 Å². The summed E-state index contributed by atoms with van der Waals surface area (Å²) < 4.78 is 26.9. The third-order valence-corrected chi connectivity index (χ3v) is 7.41. The second-order valence-corrected chi connectivity index (χ2v) is 9.11. The Morgan fingerprint density at radius 1 is 1.09 bits per heavy atom. The van der Waals surface area contributed by atoms with Crippen LogP contribution in [0.1, 0.15) is 17.0 Å². The van der Waals surface area contributed by atoms with Crippen LogP contribution in [0.15, 0.2) is 57.9 Å². The highest BCUT2D eigenvalue weighted by Gasteiger charge is 2.68. The lowest BCUT2D eigenvalue weighted by Crippen LogP contribution is -2.39. The molecule has 2 aromatic carbocycles. The van der Waals surface area contributed by atoms with Crippen molar-refractivity contribution in [1.82, 2.24) is 0 Å². The van der Waals surface area contributed by atoms with E-state index in [-0.39, 0.29) is 12.5 Å². The first kappa shape index (κ1) is 16.6. The maximum Gasteiger partial charge on any atom is 0.183 e. The van der Waals surface area contributed by atoms with Gasteiger partial charge in [0.2, 0.25) is 0 Å². The molecular formula is C17H19BrN2O2S. The number of hydrogen-bond acceptors (Lipinski definition) is 4. The monoisotopic (exact) mass is 394 g/mol. The zero-order valence-electron chi connectivity index (χ0n) is 12.7. The molecule has 6 heteroatoms. The molecule has 4 N–H and O–H groups in total. The van der Waals surface area contributed by atoms with Crippen molar-refractivity contribution >= 4 is 25.8 Å². The maximum absolute atomic E-state index is 13.0. The first-order valence-corrected chi connectivity index (χ1v) is 9.69. The molecule has 3 rings (SSSR count). The Hall–Kier alpha value is -1.21. The van der Waals surface area contributed by atoms with Gasteiger partial charge in [-0.1, -0.05) is 45.8 Å². The van der Waals surface area contributed by atoms with Crippen LogP contribution in [0.2, 0.25) is 0 Å². The van der Waals surface area contributed by atoms with Crippen molar-refractivity contribution in [1.29, 1.82) is 0 Å². The largest absolute Gasteiger partial charge is 0.329 e. The van der Waals surface area contributed by atoms with Crippen LogP contribution in [0, 0.1) is 6.92 Å². The zero-order valence-corrected chi connectivity index (χ0v) is 15.1. The fourth-order valence-electron chi connectivity index (χ4n) is 3.16. The van der Waals surface area contributed by atoms with Crippen LogP contribution in [0.3, 0.4) is 0 Å². The van der Waals surface area contributed by atoms with Crippen molar-refractivity contribution in [2.75, 3.05) is 6.54 Å². The molecule has 0 aliphatic heterocycles. The Bertz CT molecular complexity index is 819. The van der Waals surface area contributed by atoms with E-state index in [9.17, 15) is 8.42 Å². The van der Waals surface area contributed by atoms with Crippen LogP contribution in [-0.4, -0.2) is 25.8 Å². The molecule has 0 amide bonds. The van der Waals surface area contributed by atoms with Crippen LogP contribution >= 0.6 is 15.9 Å². The minimum Gasteiger partial charge on any atom is -0.329 e. The van der Waals surface area contributed by atoms with E-state index in [1.165, 1.54) is 0 Å². The molecule has 0 aromatic heterocycles. The van der Waals surface area contributed by atoms with Gasteiger partial charge in [0.15, 0.2) is 9.84 Å². The first-order valence-electron chi connectivity index (χ1n) is 7.35. The van der Waals surface area contributed by atoms with Crippen molar-refractivity contribution in [3.05, 3.63) is 64.1 Å². The lowest BCUT2D eigenvalue weighted by atomic mass is 10.1. The van der Waals surface area contributed by atoms with Crippen LogP contribution in [0.4, 0.5) is 0 Å². The summed E-state index contributed by atoms with van der Waals surface area (Å²) in [6, 6.07) is 14.4. The molecule has 0 bridgehead atoms. The molecular weight excluding hydrogens is 376 g/mol. The molecule has 2 aromatic rings. The number of hydrogen-bond donors (Lipinski definition) is 2. The van der Waals surface area contributed by atoms with E-state index in [4.69, 9.17) is 11.5 Å². The molecule has 23 heavy (non-hydrogen) atoms. The quantitative estimate of drug-likeness (QED) is 0.832. The first-order chi connectivity index (χ1) is 10.8. The van der Waals surface area contributed by atoms with Gasteiger partial charge in [-0.25, -0.2) is 8.42 Å². The minimum absolute atomic E-state index is 0.128. The molecule has 0 radical (unpaired) electrons. The van der Waals surface area contributed by atoms with Gasteiger partial charge >= 0.3 is 0 Å². The van der Waals surface area contributed by atoms with Gasteiger partial charge in [-0.15, -0.1) is 0 Å². The Labute approximate surface area is 144 Å². The third kappa shape index (κ3) is 2.74. The standard InChI is InChI=1S/C17H19BrN2O2S/c1-11-2-8-14(9-3-11)23(21,22)16-15(17(16,20)10-19)12-4-6-13(18)7-5-12/h2-9,15-16H,10,19-20H2,1H3/t15-,16-,17-/m0/s1. The fourth-order valence-corrected chi connectivity index (χ4v) is 5.75. The van der Waals surface area contributed by atoms with Gasteiger partial charge in [-0.3, -0.25) is 0 Å². The number of aryl methyl sites for hydroxylation is 1. The van der Waals surface area contributed by atoms with Crippen LogP contribution in [0.25, 0.3) is 0 Å². The summed E-state index contributed by atoms with van der Waals surface area (Å²) >= 11 is 3.38. The number of sulfone groups is 1. The molecule has 1 aliphatic rings. The maximum atomic E-state index is 13.0. The van der Waals surface area contributed by atoms with Gasteiger partial charge < -0.3 is 11.5 Å². The number of nitrogens with two attached hydrogens (primary N) is 2. The average molecular weight is 395 g/mol. The molecule has 1 aliphatic carbocycles. The number of rotatable bonds is 4. The highest BCUT2D eigenvalue weighted by Crippen LogP contribution is 2.55. The number of halogens is 1. The Morgan fingerprint density at radius 3 is 2.17 bits per heavy atom. The molecule has 0 heterocycles. The Morgan fingerprint density at radius 2 is 1.65 bits per heavy atom. The van der Waals surface area contributed by atoms with E-state index in [0.29, 0.717) is 4.90 Å². The predicted octanol–water partition coefficient (Wildman–Crippen LogP) is 2.35. The van der Waals surface area contributed by atoms with Gasteiger partial charge in [-0.05, 0) is 36.8 Å². The zero-order chi connectivity index (χ0) is 16.8. The smallest absolute Gasteiger partial charge is 0.183 e. The topological polar surface area (TPSA) is 86.2 Å². The highest BCUT2D eigenvalue weighted by atomic mass is 79.9. The molecule has 1 fully saturated rings. The average Bonchev–Trinajstić information content (AvgIpc) is 3.16. The fraction of sp³-hybridized carbons (Fsp3) is 0.294. The van der Waals surface area contributed by atoms with Gasteiger partial charge in [0.25, 0.3) is 0 Å². The number of benzene rings is 2. The van der Waals surface area contributed by atoms with Gasteiger partial charge in [-0.2, -0.15) is 0 Å². The molecule has 0 saturated heterocycles. The van der Waals surface area contributed by atoms with E-state index in [1.54, 1.807) is 24.3 Å². The summed E-state index contributed by atoms with van der Waals surface area (Å²) in [5.41, 5.74) is 13.2. The van der Waals surface area contributed by atoms with Crippen molar-refractivity contribution in [2.45, 2.75) is 28.5 Å². The van der Waals surface area contributed by atoms with E-state index < -0.39 is 20.6 Å². The van der Waals surface area contributed by atoms with E-state index in [0.717, 1.165) is 15.6 Å². The minimum atomic E-state index is -3.53. The lowest BCUT2D eigenvalue weighted by Gasteiger charge is -2.09. The molecule has 0 unspecified atom stereocenters. The van der Waals surface area contributed by atoms with Crippen LogP contribution in [-0.2, 0) is 9.84 Å². The van der Waals surface area contributed by atoms with Crippen molar-refractivity contribution < 1.29 is 8.42 Å².